The third-order valence-electron chi connectivity index (χ3n) is 2.28. The molecule has 0 aliphatic carbocycles. The second-order valence-corrected chi connectivity index (χ2v) is 4.94. The number of sulfonamides is 1. The molecule has 0 saturated carbocycles. The highest BCUT2D eigenvalue weighted by Gasteiger charge is 2.39. The fraction of sp³-hybridized carbons (Fsp3) is 0.222. The highest BCUT2D eigenvalue weighted by Crippen LogP contribution is 2.31. The summed E-state index contributed by atoms with van der Waals surface area (Å²) in [6.45, 7) is 0. The lowest BCUT2D eigenvalue weighted by atomic mass is 10.1. The van der Waals surface area contributed by atoms with Gasteiger partial charge in [-0.15, -0.1) is 0 Å². The maximum absolute atomic E-state index is 13.0. The van der Waals surface area contributed by atoms with Gasteiger partial charge in [-0.2, -0.15) is 4.72 Å². The average molecular weight is 245 g/mol. The van der Waals surface area contributed by atoms with Gasteiger partial charge in [0.25, 0.3) is 0 Å². The molecule has 7 heteroatoms. The number of ether oxygens (including phenoxy) is 1. The number of nitrogens with one attached hydrogen (secondary N) is 1. The van der Waals surface area contributed by atoms with Crippen LogP contribution in [0.2, 0.25) is 0 Å². The highest BCUT2D eigenvalue weighted by molar-refractivity contribution is 7.89. The summed E-state index contributed by atoms with van der Waals surface area (Å²) in [7, 11) is -2.61. The number of benzene rings is 1. The van der Waals surface area contributed by atoms with Crippen LogP contribution in [0.1, 0.15) is 11.6 Å². The summed E-state index contributed by atoms with van der Waals surface area (Å²) in [4.78, 5) is 11.2. The number of carbonyl (C=O) groups excluding carboxylic acids is 1. The van der Waals surface area contributed by atoms with E-state index in [1.54, 1.807) is 0 Å². The molecule has 5 nitrogen and oxygen atoms in total. The van der Waals surface area contributed by atoms with Crippen LogP contribution in [0.3, 0.4) is 0 Å². The summed E-state index contributed by atoms with van der Waals surface area (Å²) in [6, 6.07) is 1.99. The van der Waals surface area contributed by atoms with Gasteiger partial charge in [0.2, 0.25) is 10.0 Å². The van der Waals surface area contributed by atoms with Gasteiger partial charge in [-0.05, 0) is 18.2 Å². The molecule has 0 bridgehead atoms. The number of hydrogen-bond acceptors (Lipinski definition) is 4. The van der Waals surface area contributed by atoms with Crippen LogP contribution in [0, 0.1) is 5.82 Å². The molecule has 1 atom stereocenters. The van der Waals surface area contributed by atoms with Gasteiger partial charge in [-0.3, -0.25) is 0 Å². The van der Waals surface area contributed by atoms with Crippen molar-refractivity contribution in [3.63, 3.8) is 0 Å². The normalized spacial score (nSPS) is 21.5. The Balaban J connectivity index is 2.61. The molecule has 1 aromatic rings. The van der Waals surface area contributed by atoms with Gasteiger partial charge in [-0.25, -0.2) is 17.6 Å². The van der Waals surface area contributed by atoms with Crippen LogP contribution in [0.4, 0.5) is 4.39 Å². The van der Waals surface area contributed by atoms with E-state index in [0.29, 0.717) is 0 Å². The van der Waals surface area contributed by atoms with Gasteiger partial charge in [0.05, 0.1) is 12.0 Å². The zero-order valence-corrected chi connectivity index (χ0v) is 9.05. The van der Waals surface area contributed by atoms with E-state index in [1.807, 2.05) is 0 Å². The molecule has 2 rings (SSSR count). The molecule has 1 aliphatic heterocycles. The summed E-state index contributed by atoms with van der Waals surface area (Å²) in [5.41, 5.74) is 0.0758. The van der Waals surface area contributed by atoms with Gasteiger partial charge in [0.1, 0.15) is 11.9 Å². The van der Waals surface area contributed by atoms with Crippen LogP contribution in [0.25, 0.3) is 0 Å². The molecule has 1 heterocycles. The van der Waals surface area contributed by atoms with Crippen molar-refractivity contribution in [1.29, 1.82) is 0 Å². The minimum atomic E-state index is -3.74. The lowest BCUT2D eigenvalue weighted by molar-refractivity contribution is -0.142. The number of rotatable bonds is 1. The molecular weight excluding hydrogens is 237 g/mol. The van der Waals surface area contributed by atoms with Crippen molar-refractivity contribution in [3.05, 3.63) is 29.6 Å². The van der Waals surface area contributed by atoms with Gasteiger partial charge >= 0.3 is 5.97 Å². The van der Waals surface area contributed by atoms with Crippen LogP contribution in [0.5, 0.6) is 0 Å². The smallest absolute Gasteiger partial charge is 0.328 e. The zero-order valence-electron chi connectivity index (χ0n) is 8.23. The van der Waals surface area contributed by atoms with Crippen molar-refractivity contribution >= 4 is 16.0 Å². The van der Waals surface area contributed by atoms with Gasteiger partial charge < -0.3 is 4.74 Å². The summed E-state index contributed by atoms with van der Waals surface area (Å²) in [6.07, 6.45) is 0. The minimum Gasteiger partial charge on any atom is -0.468 e. The molecule has 0 spiro atoms. The standard InChI is InChI=1S/C9H8FNO4S/c1-15-9(12)8-6-4-5(10)2-3-7(6)16(13,14)11-8/h2-4,8,11H,1H3. The maximum atomic E-state index is 13.0. The van der Waals surface area contributed by atoms with E-state index < -0.39 is 27.9 Å². The van der Waals surface area contributed by atoms with E-state index >= 15 is 0 Å². The molecule has 0 amide bonds. The molecule has 0 aromatic heterocycles. The Morgan fingerprint density at radius 2 is 2.19 bits per heavy atom. The molecule has 0 radical (unpaired) electrons. The SMILES string of the molecule is COC(=O)C1NS(=O)(=O)c2ccc(F)cc21. The predicted octanol–water partition coefficient (Wildman–Crippen LogP) is 0.332. The van der Waals surface area contributed by atoms with E-state index in [1.165, 1.54) is 0 Å². The molecule has 0 fully saturated rings. The summed E-state index contributed by atoms with van der Waals surface area (Å²) < 4.78 is 42.6. The predicted molar refractivity (Wildman–Crippen MR) is 51.5 cm³/mol. The van der Waals surface area contributed by atoms with E-state index in [-0.39, 0.29) is 10.5 Å². The molecular formula is C9H8FNO4S. The highest BCUT2D eigenvalue weighted by atomic mass is 32.2. The Kier molecular flexibility index (Phi) is 2.43. The Morgan fingerprint density at radius 3 is 2.81 bits per heavy atom. The Bertz CT molecular complexity index is 555. The molecule has 0 saturated heterocycles. The molecule has 1 aromatic carbocycles. The van der Waals surface area contributed by atoms with Crippen LogP contribution in [-0.2, 0) is 19.6 Å². The number of fused-ring (bicyclic) bond motifs is 1. The van der Waals surface area contributed by atoms with E-state index in [0.717, 1.165) is 25.3 Å². The monoisotopic (exact) mass is 245 g/mol. The Hall–Kier alpha value is -1.47. The number of esters is 1. The Labute approximate surface area is 91.3 Å². The number of carbonyl (C=O) groups is 1. The molecule has 1 aliphatic rings. The first-order chi connectivity index (χ1) is 7.45. The minimum absolute atomic E-state index is 0.0758. The van der Waals surface area contributed by atoms with Crippen LogP contribution in [0.15, 0.2) is 23.1 Å². The van der Waals surface area contributed by atoms with E-state index in [9.17, 15) is 17.6 Å². The summed E-state index contributed by atoms with van der Waals surface area (Å²) >= 11 is 0. The van der Waals surface area contributed by atoms with Crippen LogP contribution in [-0.4, -0.2) is 21.5 Å². The number of halogens is 1. The van der Waals surface area contributed by atoms with Crippen molar-refractivity contribution in [2.24, 2.45) is 0 Å². The quantitative estimate of drug-likeness (QED) is 0.724. The summed E-state index contributed by atoms with van der Waals surface area (Å²) in [5, 5.41) is 0. The first-order valence-corrected chi connectivity index (χ1v) is 5.83. The zero-order chi connectivity index (χ0) is 11.9. The largest absolute Gasteiger partial charge is 0.468 e. The molecule has 1 unspecified atom stereocenters. The topological polar surface area (TPSA) is 72.5 Å². The first kappa shape index (κ1) is 11.0. The van der Waals surface area contributed by atoms with Crippen molar-refractivity contribution < 1.29 is 22.3 Å². The van der Waals surface area contributed by atoms with Crippen LogP contribution < -0.4 is 4.72 Å². The molecule has 86 valence electrons. The van der Waals surface area contributed by atoms with Gasteiger partial charge in [0, 0.05) is 5.56 Å². The third-order valence-corrected chi connectivity index (χ3v) is 3.78. The van der Waals surface area contributed by atoms with E-state index in [2.05, 4.69) is 9.46 Å². The maximum Gasteiger partial charge on any atom is 0.328 e. The van der Waals surface area contributed by atoms with Crippen molar-refractivity contribution in [1.82, 2.24) is 4.72 Å². The fourth-order valence-corrected chi connectivity index (χ4v) is 2.96. The summed E-state index contributed by atoms with van der Waals surface area (Å²) in [5.74, 6) is -1.38. The fourth-order valence-electron chi connectivity index (χ4n) is 1.56. The third kappa shape index (κ3) is 1.57. The van der Waals surface area contributed by atoms with Crippen LogP contribution >= 0.6 is 0 Å². The first-order valence-electron chi connectivity index (χ1n) is 4.35. The average Bonchev–Trinajstić information content (AvgIpc) is 2.49. The number of hydrogen-bond donors (Lipinski definition) is 1. The lowest BCUT2D eigenvalue weighted by Gasteiger charge is -2.06. The van der Waals surface area contributed by atoms with Gasteiger partial charge in [0.15, 0.2) is 0 Å². The van der Waals surface area contributed by atoms with Crippen molar-refractivity contribution in [2.75, 3.05) is 7.11 Å². The van der Waals surface area contributed by atoms with Crippen molar-refractivity contribution in [3.8, 4) is 0 Å². The second-order valence-electron chi connectivity index (χ2n) is 3.26. The molecule has 16 heavy (non-hydrogen) atoms. The molecule has 1 N–H and O–H groups in total. The number of methoxy groups -OCH3 is 1. The lowest BCUT2D eigenvalue weighted by Crippen LogP contribution is -2.27. The van der Waals surface area contributed by atoms with Gasteiger partial charge in [-0.1, -0.05) is 0 Å². The Morgan fingerprint density at radius 1 is 1.50 bits per heavy atom. The second kappa shape index (κ2) is 3.53. The van der Waals surface area contributed by atoms with E-state index in [4.69, 9.17) is 0 Å². The van der Waals surface area contributed by atoms with Crippen molar-refractivity contribution in [2.45, 2.75) is 10.9 Å².